The van der Waals surface area contributed by atoms with Crippen LogP contribution in [0.1, 0.15) is 26.7 Å². The third-order valence-corrected chi connectivity index (χ3v) is 8.22. The molecule has 0 bridgehead atoms. The van der Waals surface area contributed by atoms with Gasteiger partial charge in [0.05, 0.1) is 5.02 Å². The van der Waals surface area contributed by atoms with Crippen LogP contribution in [0.2, 0.25) is 5.02 Å². The molecule has 0 aliphatic heterocycles. The lowest BCUT2D eigenvalue weighted by Crippen LogP contribution is -2.30. The number of hydrogen-bond acceptors (Lipinski definition) is 6. The molecule has 0 radical (unpaired) electrons. The van der Waals surface area contributed by atoms with Crippen LogP contribution in [0.3, 0.4) is 0 Å². The van der Waals surface area contributed by atoms with E-state index < -0.39 is 17.1 Å². The quantitative estimate of drug-likeness (QED) is 0.109. The van der Waals surface area contributed by atoms with Crippen LogP contribution in [-0.2, 0) is 9.59 Å². The number of thioether (sulfide) groups is 1. The van der Waals surface area contributed by atoms with Crippen molar-refractivity contribution in [2.45, 2.75) is 10.1 Å². The number of halogens is 1. The smallest absolute Gasteiger partial charge is 0.272 e. The lowest BCUT2D eigenvalue weighted by Gasteiger charge is -2.17. The van der Waals surface area contributed by atoms with Crippen LogP contribution in [0.4, 0.5) is 11.5 Å². The normalized spacial score (nSPS) is 11.8. The van der Waals surface area contributed by atoms with E-state index in [0.29, 0.717) is 22.1 Å². The van der Waals surface area contributed by atoms with Gasteiger partial charge in [0, 0.05) is 22.3 Å². The topological polar surface area (TPSA) is 100 Å². The van der Waals surface area contributed by atoms with Crippen molar-refractivity contribution >= 4 is 70.0 Å². The first-order valence-electron chi connectivity index (χ1n) is 13.1. The Morgan fingerprint density at radius 1 is 0.860 bits per heavy atom. The molecule has 0 saturated heterocycles. The monoisotopic (exact) mass is 624 g/mol. The minimum absolute atomic E-state index is 0.0994. The van der Waals surface area contributed by atoms with E-state index in [9.17, 15) is 14.4 Å². The third kappa shape index (κ3) is 8.42. The highest BCUT2D eigenvalue weighted by atomic mass is 35.5. The van der Waals surface area contributed by atoms with Crippen molar-refractivity contribution < 1.29 is 14.4 Å². The molecule has 3 aromatic carbocycles. The molecule has 10 heteroatoms. The second kappa shape index (κ2) is 14.5. The van der Waals surface area contributed by atoms with E-state index in [1.165, 1.54) is 29.3 Å². The minimum Gasteiger partial charge on any atom is -0.321 e. The molecule has 43 heavy (non-hydrogen) atoms. The maximum atomic E-state index is 13.4. The van der Waals surface area contributed by atoms with Gasteiger partial charge in [0.2, 0.25) is 5.91 Å². The van der Waals surface area contributed by atoms with Crippen molar-refractivity contribution in [1.82, 2.24) is 10.3 Å². The summed E-state index contributed by atoms with van der Waals surface area (Å²) in [6.07, 6.45) is 3.10. The van der Waals surface area contributed by atoms with Crippen molar-refractivity contribution in [2.75, 3.05) is 10.6 Å². The van der Waals surface area contributed by atoms with E-state index in [0.717, 1.165) is 16.0 Å². The largest absolute Gasteiger partial charge is 0.321 e. The van der Waals surface area contributed by atoms with E-state index in [1.807, 2.05) is 59.3 Å². The molecule has 0 spiro atoms. The number of carbonyl (C=O) groups is 3. The number of nitrogens with one attached hydrogen (secondary N) is 3. The number of carbonyl (C=O) groups excluding carboxylic acids is 3. The summed E-state index contributed by atoms with van der Waals surface area (Å²) in [7, 11) is 0. The molecule has 3 amide bonds. The zero-order valence-electron chi connectivity index (χ0n) is 22.6. The van der Waals surface area contributed by atoms with Crippen LogP contribution in [0.25, 0.3) is 6.08 Å². The van der Waals surface area contributed by atoms with Gasteiger partial charge in [0.25, 0.3) is 11.8 Å². The zero-order valence-corrected chi connectivity index (χ0v) is 25.0. The summed E-state index contributed by atoms with van der Waals surface area (Å²) in [6, 6.07) is 30.4. The maximum Gasteiger partial charge on any atom is 0.272 e. The Morgan fingerprint density at radius 3 is 2.33 bits per heavy atom. The molecular formula is C33H25ClN4O3S2. The molecule has 0 saturated carbocycles. The van der Waals surface area contributed by atoms with Gasteiger partial charge in [-0.25, -0.2) is 4.98 Å². The van der Waals surface area contributed by atoms with Gasteiger partial charge in [-0.15, -0.1) is 11.8 Å². The van der Waals surface area contributed by atoms with Crippen molar-refractivity contribution in [2.24, 2.45) is 0 Å². The van der Waals surface area contributed by atoms with Crippen LogP contribution in [0.5, 0.6) is 0 Å². The molecule has 2 heterocycles. The van der Waals surface area contributed by atoms with Crippen molar-refractivity contribution in [3.8, 4) is 0 Å². The van der Waals surface area contributed by atoms with Crippen molar-refractivity contribution in [1.29, 1.82) is 0 Å². The van der Waals surface area contributed by atoms with Crippen LogP contribution in [0.15, 0.2) is 131 Å². The first-order chi connectivity index (χ1) is 20.9. The van der Waals surface area contributed by atoms with Gasteiger partial charge in [-0.05, 0) is 76.5 Å². The van der Waals surface area contributed by atoms with Crippen LogP contribution in [-0.4, -0.2) is 22.7 Å². The summed E-state index contributed by atoms with van der Waals surface area (Å²) >= 11 is 8.76. The highest BCUT2D eigenvalue weighted by Crippen LogP contribution is 2.37. The molecule has 5 aromatic rings. The number of aromatic nitrogens is 1. The van der Waals surface area contributed by atoms with Gasteiger partial charge >= 0.3 is 0 Å². The molecule has 1 unspecified atom stereocenters. The maximum absolute atomic E-state index is 13.4. The van der Waals surface area contributed by atoms with Gasteiger partial charge in [-0.2, -0.15) is 11.3 Å². The summed E-state index contributed by atoms with van der Waals surface area (Å²) in [5.74, 6) is -0.748. The average molecular weight is 625 g/mol. The van der Waals surface area contributed by atoms with E-state index >= 15 is 0 Å². The number of pyridine rings is 1. The van der Waals surface area contributed by atoms with Gasteiger partial charge < -0.3 is 16.0 Å². The number of hydrogen-bond donors (Lipinski definition) is 3. The van der Waals surface area contributed by atoms with Crippen molar-refractivity contribution in [3.63, 3.8) is 0 Å². The summed E-state index contributed by atoms with van der Waals surface area (Å²) in [5.41, 5.74) is 2.63. The fourth-order valence-corrected chi connectivity index (χ4v) is 5.80. The SMILES string of the molecule is O=C(Nc1cccc(SC(C(=O)Nc2ccc(Cl)cn2)c2ccccc2)c1)/C(=C/c1ccsc1)NC(=O)c1ccccc1. The minimum atomic E-state index is -0.608. The molecule has 5 rings (SSSR count). The van der Waals surface area contributed by atoms with E-state index in [2.05, 4.69) is 20.9 Å². The summed E-state index contributed by atoms with van der Waals surface area (Å²) in [5, 5.41) is 12.1. The van der Waals surface area contributed by atoms with E-state index in [1.54, 1.807) is 60.7 Å². The highest BCUT2D eigenvalue weighted by molar-refractivity contribution is 8.00. The fourth-order valence-electron chi connectivity index (χ4n) is 3.99. The number of thiophene rings is 1. The summed E-state index contributed by atoms with van der Waals surface area (Å²) in [6.45, 7) is 0. The van der Waals surface area contributed by atoms with Crippen LogP contribution in [0, 0.1) is 0 Å². The second-order valence-electron chi connectivity index (χ2n) is 9.18. The number of rotatable bonds is 10. The Kier molecular flexibility index (Phi) is 10.0. The molecule has 2 aromatic heterocycles. The van der Waals surface area contributed by atoms with E-state index in [4.69, 9.17) is 11.6 Å². The molecule has 0 aliphatic carbocycles. The predicted molar refractivity (Wildman–Crippen MR) is 174 cm³/mol. The first-order valence-corrected chi connectivity index (χ1v) is 15.3. The number of benzene rings is 3. The van der Waals surface area contributed by atoms with Gasteiger partial charge in [0.15, 0.2) is 0 Å². The number of amides is 3. The zero-order chi connectivity index (χ0) is 30.0. The molecule has 3 N–H and O–H groups in total. The predicted octanol–water partition coefficient (Wildman–Crippen LogP) is 7.68. The Labute approximate surface area is 262 Å². The van der Waals surface area contributed by atoms with Gasteiger partial charge in [-0.1, -0.05) is 66.2 Å². The fraction of sp³-hybridized carbons (Fsp3) is 0.0303. The first kappa shape index (κ1) is 29.8. The Hall–Kier alpha value is -4.70. The number of anilines is 2. The standard InChI is InChI=1S/C33H25ClN4O3S2/c34-25-14-15-29(35-20-25)38-33(41)30(23-8-3-1-4-9-23)43-27-13-7-12-26(19-27)36-32(40)28(18-22-16-17-42-21-22)37-31(39)24-10-5-2-6-11-24/h1-21,30H,(H,36,40)(H,37,39)(H,35,38,41)/b28-18-. The molecule has 7 nitrogen and oxygen atoms in total. The summed E-state index contributed by atoms with van der Waals surface area (Å²) < 4.78 is 0. The van der Waals surface area contributed by atoms with Gasteiger partial charge in [0.1, 0.15) is 16.8 Å². The van der Waals surface area contributed by atoms with Gasteiger partial charge in [-0.3, -0.25) is 14.4 Å². The Balaban J connectivity index is 1.35. The van der Waals surface area contributed by atoms with Crippen LogP contribution < -0.4 is 16.0 Å². The lowest BCUT2D eigenvalue weighted by atomic mass is 10.1. The van der Waals surface area contributed by atoms with Crippen molar-refractivity contribution in [3.05, 3.63) is 147 Å². The molecule has 0 fully saturated rings. The average Bonchev–Trinajstić information content (AvgIpc) is 3.55. The molecule has 214 valence electrons. The third-order valence-electron chi connectivity index (χ3n) is 6.05. The number of nitrogens with zero attached hydrogens (tertiary/aromatic N) is 1. The van der Waals surface area contributed by atoms with Crippen LogP contribution >= 0.6 is 34.7 Å². The highest BCUT2D eigenvalue weighted by Gasteiger charge is 2.23. The molecule has 1 atom stereocenters. The molecular weight excluding hydrogens is 600 g/mol. The Morgan fingerprint density at radius 2 is 1.63 bits per heavy atom. The molecule has 0 aliphatic rings. The second-order valence-corrected chi connectivity index (χ2v) is 11.6. The lowest BCUT2D eigenvalue weighted by molar-refractivity contribution is -0.116. The van der Waals surface area contributed by atoms with E-state index in [-0.39, 0.29) is 11.6 Å². The Bertz CT molecular complexity index is 1730. The summed E-state index contributed by atoms with van der Waals surface area (Å²) in [4.78, 5) is 44.6.